The van der Waals surface area contributed by atoms with Crippen LogP contribution in [0, 0.1) is 0 Å². The summed E-state index contributed by atoms with van der Waals surface area (Å²) in [5, 5.41) is 7.97. The number of carbonyl (C=O) groups excluding carboxylic acids is 1. The standard InChI is InChI=1S/C22H28ClN3O6S2/c1-32-21-12-11-19(13-20(21)23)34(30,31)26(17-5-3-2-4-6-17)15-22(27)25-14-16-7-9-18(10-8-16)33(24,28)29/h7-13,17H,2-6,14-15H2,1H3,(H,25,27)(H2,24,28,29). The van der Waals surface area contributed by atoms with E-state index in [2.05, 4.69) is 5.32 Å². The Kier molecular flexibility index (Phi) is 8.58. The first-order valence-electron chi connectivity index (χ1n) is 10.8. The number of hydrogen-bond donors (Lipinski definition) is 2. The van der Waals surface area contributed by atoms with Gasteiger partial charge in [-0.15, -0.1) is 0 Å². The van der Waals surface area contributed by atoms with Gasteiger partial charge in [-0.2, -0.15) is 4.31 Å². The van der Waals surface area contributed by atoms with Crippen LogP contribution < -0.4 is 15.2 Å². The van der Waals surface area contributed by atoms with Crippen LogP contribution in [-0.4, -0.2) is 46.7 Å². The Morgan fingerprint density at radius 2 is 1.68 bits per heavy atom. The summed E-state index contributed by atoms with van der Waals surface area (Å²) in [6, 6.07) is 9.71. The number of halogens is 1. The van der Waals surface area contributed by atoms with Crippen LogP contribution in [0.2, 0.25) is 5.02 Å². The van der Waals surface area contributed by atoms with Gasteiger partial charge in [0, 0.05) is 12.6 Å². The lowest BCUT2D eigenvalue weighted by Crippen LogP contribution is -2.46. The second kappa shape index (κ2) is 11.0. The van der Waals surface area contributed by atoms with Crippen molar-refractivity contribution >= 4 is 37.6 Å². The quantitative estimate of drug-likeness (QED) is 0.512. The number of carbonyl (C=O) groups is 1. The summed E-state index contributed by atoms with van der Waals surface area (Å²) in [5.74, 6) is -0.111. The number of hydrogen-bond acceptors (Lipinski definition) is 6. The second-order valence-corrected chi connectivity index (χ2v) is 12.0. The van der Waals surface area contributed by atoms with Crippen molar-refractivity contribution in [3.8, 4) is 5.75 Å². The predicted molar refractivity (Wildman–Crippen MR) is 128 cm³/mol. The average molecular weight is 530 g/mol. The molecule has 186 valence electrons. The van der Waals surface area contributed by atoms with Crippen LogP contribution >= 0.6 is 11.6 Å². The van der Waals surface area contributed by atoms with E-state index in [4.69, 9.17) is 21.5 Å². The molecule has 2 aromatic rings. The largest absolute Gasteiger partial charge is 0.495 e. The van der Waals surface area contributed by atoms with Crippen LogP contribution in [-0.2, 0) is 31.4 Å². The zero-order valence-electron chi connectivity index (χ0n) is 18.7. The summed E-state index contributed by atoms with van der Waals surface area (Å²) >= 11 is 6.16. The van der Waals surface area contributed by atoms with E-state index < -0.39 is 26.0 Å². The number of rotatable bonds is 9. The van der Waals surface area contributed by atoms with Gasteiger partial charge in [-0.25, -0.2) is 22.0 Å². The van der Waals surface area contributed by atoms with Gasteiger partial charge in [0.15, 0.2) is 0 Å². The molecular weight excluding hydrogens is 502 g/mol. The average Bonchev–Trinajstić information content (AvgIpc) is 2.81. The number of benzene rings is 2. The normalized spacial score (nSPS) is 15.3. The smallest absolute Gasteiger partial charge is 0.243 e. The van der Waals surface area contributed by atoms with Crippen molar-refractivity contribution < 1.29 is 26.4 Å². The van der Waals surface area contributed by atoms with Crippen LogP contribution in [0.5, 0.6) is 5.75 Å². The maximum absolute atomic E-state index is 13.5. The van der Waals surface area contributed by atoms with Gasteiger partial charge in [0.1, 0.15) is 5.75 Å². The van der Waals surface area contributed by atoms with Crippen LogP contribution in [0.25, 0.3) is 0 Å². The fourth-order valence-corrected chi connectivity index (χ4v) is 6.42. The van der Waals surface area contributed by atoms with Crippen LogP contribution in [0.1, 0.15) is 37.7 Å². The van der Waals surface area contributed by atoms with Crippen molar-refractivity contribution in [2.24, 2.45) is 5.14 Å². The van der Waals surface area contributed by atoms with Gasteiger partial charge < -0.3 is 10.1 Å². The molecule has 1 saturated carbocycles. The van der Waals surface area contributed by atoms with E-state index in [1.807, 2.05) is 0 Å². The molecule has 9 nitrogen and oxygen atoms in total. The number of ether oxygens (including phenoxy) is 1. The lowest BCUT2D eigenvalue weighted by Gasteiger charge is -2.33. The minimum Gasteiger partial charge on any atom is -0.495 e. The lowest BCUT2D eigenvalue weighted by atomic mass is 9.95. The third-order valence-electron chi connectivity index (χ3n) is 5.75. The number of amides is 1. The highest BCUT2D eigenvalue weighted by molar-refractivity contribution is 7.89. The van der Waals surface area contributed by atoms with Gasteiger partial charge in [-0.3, -0.25) is 4.79 Å². The molecule has 0 heterocycles. The molecular formula is C22H28ClN3O6S2. The Morgan fingerprint density at radius 3 is 2.24 bits per heavy atom. The predicted octanol–water partition coefficient (Wildman–Crippen LogP) is 2.64. The number of methoxy groups -OCH3 is 1. The molecule has 0 aromatic heterocycles. The molecule has 1 aliphatic carbocycles. The molecule has 0 unspecified atom stereocenters. The Bertz CT molecular complexity index is 1230. The first-order valence-corrected chi connectivity index (χ1v) is 14.1. The molecule has 1 fully saturated rings. The molecule has 0 aliphatic heterocycles. The summed E-state index contributed by atoms with van der Waals surface area (Å²) in [6.07, 6.45) is 4.15. The molecule has 0 atom stereocenters. The van der Waals surface area contributed by atoms with Crippen molar-refractivity contribution in [1.82, 2.24) is 9.62 Å². The minimum absolute atomic E-state index is 0.00439. The van der Waals surface area contributed by atoms with Gasteiger partial charge in [-0.05, 0) is 48.7 Å². The zero-order valence-corrected chi connectivity index (χ0v) is 21.1. The van der Waals surface area contributed by atoms with Crippen molar-refractivity contribution in [3.05, 3.63) is 53.1 Å². The molecule has 2 aromatic carbocycles. The number of nitrogens with two attached hydrogens (primary N) is 1. The highest BCUT2D eigenvalue weighted by Gasteiger charge is 2.34. The van der Waals surface area contributed by atoms with Crippen molar-refractivity contribution in [1.29, 1.82) is 0 Å². The first-order chi connectivity index (χ1) is 16.0. The summed E-state index contributed by atoms with van der Waals surface area (Å²) in [4.78, 5) is 12.7. The molecule has 0 saturated heterocycles. The molecule has 34 heavy (non-hydrogen) atoms. The fraction of sp³-hybridized carbons (Fsp3) is 0.409. The monoisotopic (exact) mass is 529 g/mol. The van der Waals surface area contributed by atoms with E-state index in [9.17, 15) is 21.6 Å². The molecule has 0 radical (unpaired) electrons. The topological polar surface area (TPSA) is 136 Å². The molecule has 0 bridgehead atoms. The molecule has 3 N–H and O–H groups in total. The third kappa shape index (κ3) is 6.48. The van der Waals surface area contributed by atoms with Crippen molar-refractivity contribution in [2.45, 2.75) is 54.5 Å². The van der Waals surface area contributed by atoms with Gasteiger partial charge in [0.05, 0.1) is 28.5 Å². The number of nitrogens with one attached hydrogen (secondary N) is 1. The maximum Gasteiger partial charge on any atom is 0.243 e. The zero-order chi connectivity index (χ0) is 24.9. The highest BCUT2D eigenvalue weighted by atomic mass is 35.5. The van der Waals surface area contributed by atoms with E-state index in [1.165, 1.54) is 53.9 Å². The molecule has 1 amide bonds. The van der Waals surface area contributed by atoms with Gasteiger partial charge in [-0.1, -0.05) is 43.0 Å². The Labute approximate surface area is 205 Å². The number of nitrogens with zero attached hydrogens (tertiary/aromatic N) is 1. The van der Waals surface area contributed by atoms with Gasteiger partial charge >= 0.3 is 0 Å². The maximum atomic E-state index is 13.5. The Hall–Kier alpha value is -2.18. The third-order valence-corrected chi connectivity index (χ3v) is 8.87. The van der Waals surface area contributed by atoms with E-state index in [1.54, 1.807) is 0 Å². The summed E-state index contributed by atoms with van der Waals surface area (Å²) in [7, 11) is -6.36. The van der Waals surface area contributed by atoms with E-state index in [0.717, 1.165) is 19.3 Å². The SMILES string of the molecule is COc1ccc(S(=O)(=O)N(CC(=O)NCc2ccc(S(N)(=O)=O)cc2)C2CCCCC2)cc1Cl. The molecule has 3 rings (SSSR count). The van der Waals surface area contributed by atoms with Crippen LogP contribution in [0.3, 0.4) is 0 Å². The van der Waals surface area contributed by atoms with Crippen LogP contribution in [0.4, 0.5) is 0 Å². The van der Waals surface area contributed by atoms with E-state index in [0.29, 0.717) is 24.2 Å². The van der Waals surface area contributed by atoms with Crippen molar-refractivity contribution in [3.63, 3.8) is 0 Å². The molecule has 12 heteroatoms. The second-order valence-electron chi connectivity index (χ2n) is 8.10. The van der Waals surface area contributed by atoms with Gasteiger partial charge in [0.25, 0.3) is 0 Å². The first kappa shape index (κ1) is 26.4. The molecule has 0 spiro atoms. The summed E-state index contributed by atoms with van der Waals surface area (Å²) in [6.45, 7) is -0.234. The fourth-order valence-electron chi connectivity index (χ4n) is 3.92. The van der Waals surface area contributed by atoms with Gasteiger partial charge in [0.2, 0.25) is 26.0 Å². The highest BCUT2D eigenvalue weighted by Crippen LogP contribution is 2.31. The number of sulfonamides is 2. The van der Waals surface area contributed by atoms with E-state index >= 15 is 0 Å². The van der Waals surface area contributed by atoms with Crippen LogP contribution in [0.15, 0.2) is 52.3 Å². The Morgan fingerprint density at radius 1 is 1.06 bits per heavy atom. The lowest BCUT2D eigenvalue weighted by molar-refractivity contribution is -0.121. The number of primary sulfonamides is 1. The Balaban J connectivity index is 1.76. The molecule has 1 aliphatic rings. The summed E-state index contributed by atoms with van der Waals surface area (Å²) < 4.78 is 56.1. The minimum atomic E-state index is -4.00. The van der Waals surface area contributed by atoms with Crippen molar-refractivity contribution in [2.75, 3.05) is 13.7 Å². The van der Waals surface area contributed by atoms with E-state index in [-0.39, 0.29) is 33.9 Å². The summed E-state index contributed by atoms with van der Waals surface area (Å²) in [5.41, 5.74) is 0.648.